The van der Waals surface area contributed by atoms with E-state index in [1.165, 1.54) is 0 Å². The molecule has 0 N–H and O–H groups in total. The predicted molar refractivity (Wildman–Crippen MR) is 84.1 cm³/mol. The second kappa shape index (κ2) is 6.02. The Morgan fingerprint density at radius 3 is 2.57 bits per heavy atom. The van der Waals surface area contributed by atoms with Gasteiger partial charge >= 0.3 is 0 Å². The molecule has 0 aliphatic rings. The second-order valence-corrected chi connectivity index (χ2v) is 4.98. The highest BCUT2D eigenvalue weighted by molar-refractivity contribution is 6.30. The number of hydrogen-bond acceptors (Lipinski definition) is 3. The quantitative estimate of drug-likeness (QED) is 0.666. The molecule has 106 valence electrons. The maximum atomic E-state index is 6.04. The first kappa shape index (κ1) is 13.7. The number of para-hydroxylation sites is 1. The first-order chi connectivity index (χ1) is 10.3. The molecule has 0 saturated carbocycles. The van der Waals surface area contributed by atoms with Crippen LogP contribution in [0.2, 0.25) is 5.15 Å². The van der Waals surface area contributed by atoms with E-state index in [1.807, 2.05) is 48.5 Å². The maximum Gasteiger partial charge on any atom is 0.133 e. The highest BCUT2D eigenvalue weighted by atomic mass is 35.5. The largest absolute Gasteiger partial charge is 0.497 e. The lowest BCUT2D eigenvalue weighted by molar-refractivity contribution is 0.309. The number of methoxy groups -OCH3 is 1. The normalized spacial score (nSPS) is 10.6. The van der Waals surface area contributed by atoms with Crippen molar-refractivity contribution in [1.29, 1.82) is 0 Å². The van der Waals surface area contributed by atoms with E-state index in [0.717, 1.165) is 28.0 Å². The molecular weight excluding hydrogens is 286 g/mol. The smallest absolute Gasteiger partial charge is 0.133 e. The lowest BCUT2D eigenvalue weighted by atomic mass is 10.2. The molecule has 0 spiro atoms. The van der Waals surface area contributed by atoms with Gasteiger partial charge in [-0.15, -0.1) is 0 Å². The molecule has 1 heterocycles. The van der Waals surface area contributed by atoms with E-state index in [9.17, 15) is 0 Å². The average molecular weight is 300 g/mol. The third kappa shape index (κ3) is 3.09. The van der Waals surface area contributed by atoms with Crippen molar-refractivity contribution in [3.05, 3.63) is 65.3 Å². The number of aromatic nitrogens is 1. The summed E-state index contributed by atoms with van der Waals surface area (Å²) in [6.07, 6.45) is 0. The van der Waals surface area contributed by atoms with Gasteiger partial charge in [-0.05, 0) is 29.8 Å². The Kier molecular flexibility index (Phi) is 3.93. The molecule has 2 aromatic carbocycles. The van der Waals surface area contributed by atoms with Crippen LogP contribution in [-0.2, 0) is 6.61 Å². The summed E-state index contributed by atoms with van der Waals surface area (Å²) >= 11 is 6.04. The van der Waals surface area contributed by atoms with Crippen LogP contribution in [0.4, 0.5) is 0 Å². The van der Waals surface area contributed by atoms with Gasteiger partial charge in [0.15, 0.2) is 0 Å². The molecule has 1 aromatic heterocycles. The Bertz CT molecular complexity index is 756. The van der Waals surface area contributed by atoms with E-state index in [1.54, 1.807) is 13.2 Å². The van der Waals surface area contributed by atoms with Crippen LogP contribution >= 0.6 is 11.6 Å². The van der Waals surface area contributed by atoms with Crippen molar-refractivity contribution in [2.75, 3.05) is 7.11 Å². The summed E-state index contributed by atoms with van der Waals surface area (Å²) < 4.78 is 11.0. The Labute approximate surface area is 128 Å². The van der Waals surface area contributed by atoms with E-state index in [-0.39, 0.29) is 0 Å². The molecule has 4 heteroatoms. The van der Waals surface area contributed by atoms with Crippen LogP contribution in [0.5, 0.6) is 11.5 Å². The first-order valence-corrected chi connectivity index (χ1v) is 6.95. The topological polar surface area (TPSA) is 31.4 Å². The van der Waals surface area contributed by atoms with E-state index in [0.29, 0.717) is 11.8 Å². The van der Waals surface area contributed by atoms with Crippen molar-refractivity contribution < 1.29 is 9.47 Å². The number of nitrogens with zero attached hydrogens (tertiary/aromatic N) is 1. The van der Waals surface area contributed by atoms with Crippen LogP contribution in [0.3, 0.4) is 0 Å². The van der Waals surface area contributed by atoms with Crippen molar-refractivity contribution in [3.63, 3.8) is 0 Å². The zero-order valence-electron chi connectivity index (χ0n) is 11.5. The number of benzene rings is 2. The second-order valence-electron chi connectivity index (χ2n) is 4.60. The number of halogens is 1. The molecular formula is C17H14ClNO2. The highest BCUT2D eigenvalue weighted by Gasteiger charge is 2.06. The van der Waals surface area contributed by atoms with E-state index >= 15 is 0 Å². The van der Waals surface area contributed by atoms with Gasteiger partial charge in [0.1, 0.15) is 23.3 Å². The molecule has 0 saturated heterocycles. The van der Waals surface area contributed by atoms with Gasteiger partial charge in [-0.1, -0.05) is 35.9 Å². The molecule has 0 amide bonds. The third-order valence-corrected chi connectivity index (χ3v) is 3.39. The van der Waals surface area contributed by atoms with Gasteiger partial charge in [0, 0.05) is 11.5 Å². The fourth-order valence-electron chi connectivity index (χ4n) is 2.12. The van der Waals surface area contributed by atoms with Gasteiger partial charge in [0.2, 0.25) is 0 Å². The molecule has 0 aliphatic carbocycles. The predicted octanol–water partition coefficient (Wildman–Crippen LogP) is 4.48. The van der Waals surface area contributed by atoms with Crippen molar-refractivity contribution in [2.24, 2.45) is 0 Å². The fraction of sp³-hybridized carbons (Fsp3) is 0.118. The SMILES string of the molecule is COc1ccc(COc2cc(Cl)nc3ccccc23)cc1. The number of ether oxygens (including phenoxy) is 2. The molecule has 3 aromatic rings. The van der Waals surface area contributed by atoms with E-state index < -0.39 is 0 Å². The molecule has 0 radical (unpaired) electrons. The van der Waals surface area contributed by atoms with Crippen LogP contribution in [-0.4, -0.2) is 12.1 Å². The monoisotopic (exact) mass is 299 g/mol. The van der Waals surface area contributed by atoms with Gasteiger partial charge < -0.3 is 9.47 Å². The molecule has 0 aliphatic heterocycles. The standard InChI is InChI=1S/C17H14ClNO2/c1-20-13-8-6-12(7-9-13)11-21-16-10-17(18)19-15-5-3-2-4-14(15)16/h2-10H,11H2,1H3. The van der Waals surface area contributed by atoms with Crippen molar-refractivity contribution >= 4 is 22.5 Å². The van der Waals surface area contributed by atoms with Gasteiger partial charge in [0.25, 0.3) is 0 Å². The minimum Gasteiger partial charge on any atom is -0.497 e. The van der Waals surface area contributed by atoms with Crippen molar-refractivity contribution in [1.82, 2.24) is 4.98 Å². The van der Waals surface area contributed by atoms with Gasteiger partial charge in [0.05, 0.1) is 12.6 Å². The minimum atomic E-state index is 0.429. The van der Waals surface area contributed by atoms with Gasteiger partial charge in [-0.3, -0.25) is 0 Å². The molecule has 3 nitrogen and oxygen atoms in total. The van der Waals surface area contributed by atoms with Crippen LogP contribution < -0.4 is 9.47 Å². The fourth-order valence-corrected chi connectivity index (χ4v) is 2.31. The van der Waals surface area contributed by atoms with Crippen LogP contribution in [0.15, 0.2) is 54.6 Å². The van der Waals surface area contributed by atoms with Crippen LogP contribution in [0.1, 0.15) is 5.56 Å². The zero-order chi connectivity index (χ0) is 14.7. The first-order valence-electron chi connectivity index (χ1n) is 6.57. The number of pyridine rings is 1. The van der Waals surface area contributed by atoms with Crippen molar-refractivity contribution in [3.8, 4) is 11.5 Å². The Morgan fingerprint density at radius 1 is 1.05 bits per heavy atom. The molecule has 0 unspecified atom stereocenters. The lowest BCUT2D eigenvalue weighted by Crippen LogP contribution is -1.97. The maximum absolute atomic E-state index is 6.04. The lowest BCUT2D eigenvalue weighted by Gasteiger charge is -2.10. The summed E-state index contributed by atoms with van der Waals surface area (Å²) in [5.41, 5.74) is 1.89. The summed E-state index contributed by atoms with van der Waals surface area (Å²) in [5.74, 6) is 1.57. The summed E-state index contributed by atoms with van der Waals surface area (Å²) in [5, 5.41) is 1.38. The summed E-state index contributed by atoms with van der Waals surface area (Å²) in [6.45, 7) is 0.467. The Balaban J connectivity index is 1.84. The van der Waals surface area contributed by atoms with E-state index in [4.69, 9.17) is 21.1 Å². The Hall–Kier alpha value is -2.26. The molecule has 0 fully saturated rings. The van der Waals surface area contributed by atoms with Gasteiger partial charge in [-0.25, -0.2) is 4.98 Å². The number of rotatable bonds is 4. The number of fused-ring (bicyclic) bond motifs is 1. The van der Waals surface area contributed by atoms with E-state index in [2.05, 4.69) is 4.98 Å². The average Bonchev–Trinajstić information content (AvgIpc) is 2.53. The Morgan fingerprint density at radius 2 is 1.81 bits per heavy atom. The van der Waals surface area contributed by atoms with Crippen LogP contribution in [0, 0.1) is 0 Å². The van der Waals surface area contributed by atoms with Crippen molar-refractivity contribution in [2.45, 2.75) is 6.61 Å². The summed E-state index contributed by atoms with van der Waals surface area (Å²) in [7, 11) is 1.65. The van der Waals surface area contributed by atoms with Crippen LogP contribution in [0.25, 0.3) is 10.9 Å². The minimum absolute atomic E-state index is 0.429. The zero-order valence-corrected chi connectivity index (χ0v) is 12.3. The molecule has 3 rings (SSSR count). The highest BCUT2D eigenvalue weighted by Crippen LogP contribution is 2.28. The summed E-state index contributed by atoms with van der Waals surface area (Å²) in [4.78, 5) is 4.28. The molecule has 0 bridgehead atoms. The van der Waals surface area contributed by atoms with Gasteiger partial charge in [-0.2, -0.15) is 0 Å². The molecule has 0 atom stereocenters. The third-order valence-electron chi connectivity index (χ3n) is 3.20. The summed E-state index contributed by atoms with van der Waals surface area (Å²) in [6, 6.07) is 17.3. The number of hydrogen-bond donors (Lipinski definition) is 0. The molecule has 21 heavy (non-hydrogen) atoms.